The van der Waals surface area contributed by atoms with Crippen LogP contribution in [-0.4, -0.2) is 14.5 Å². The van der Waals surface area contributed by atoms with Crippen molar-refractivity contribution >= 4 is 27.5 Å². The van der Waals surface area contributed by atoms with Crippen LogP contribution in [-0.2, 0) is 7.05 Å². The number of aromatic nitrogens is 3. The first-order chi connectivity index (χ1) is 7.75. The summed E-state index contributed by atoms with van der Waals surface area (Å²) in [6.07, 6.45) is 3.83. The molecule has 80 valence electrons. The van der Waals surface area contributed by atoms with Gasteiger partial charge in [0.25, 0.3) is 0 Å². The van der Waals surface area contributed by atoms with Gasteiger partial charge in [0.15, 0.2) is 5.13 Å². The number of anilines is 1. The van der Waals surface area contributed by atoms with Crippen LogP contribution in [0.3, 0.4) is 0 Å². The van der Waals surface area contributed by atoms with Crippen molar-refractivity contribution in [3.63, 3.8) is 0 Å². The van der Waals surface area contributed by atoms with E-state index in [1.54, 1.807) is 6.20 Å². The molecule has 0 aliphatic heterocycles. The number of nitrogens with zero attached hydrogens (tertiary/aromatic N) is 3. The maximum Gasteiger partial charge on any atom is 0.180 e. The largest absolute Gasteiger partial charge is 0.375 e. The monoisotopic (exact) mass is 230 g/mol. The average Bonchev–Trinajstić information content (AvgIpc) is 2.84. The zero-order chi connectivity index (χ0) is 11.1. The molecule has 0 amide bonds. The number of pyridine rings is 1. The second-order valence-electron chi connectivity index (χ2n) is 3.60. The Morgan fingerprint density at radius 2 is 2.31 bits per heavy atom. The third-order valence-electron chi connectivity index (χ3n) is 2.53. The van der Waals surface area contributed by atoms with Crippen molar-refractivity contribution in [1.82, 2.24) is 14.5 Å². The van der Waals surface area contributed by atoms with E-state index in [-0.39, 0.29) is 0 Å². The van der Waals surface area contributed by atoms with Gasteiger partial charge in [-0.3, -0.25) is 0 Å². The second-order valence-corrected chi connectivity index (χ2v) is 4.49. The number of nitrogens with two attached hydrogens (primary N) is 1. The fourth-order valence-electron chi connectivity index (χ4n) is 1.83. The van der Waals surface area contributed by atoms with Gasteiger partial charge in [-0.25, -0.2) is 9.97 Å². The minimum Gasteiger partial charge on any atom is -0.375 e. The number of thiazole rings is 1. The zero-order valence-electron chi connectivity index (χ0n) is 8.71. The van der Waals surface area contributed by atoms with E-state index in [2.05, 4.69) is 9.97 Å². The molecule has 0 unspecified atom stereocenters. The fourth-order valence-corrected chi connectivity index (χ4v) is 2.39. The van der Waals surface area contributed by atoms with Crippen molar-refractivity contribution in [3.05, 3.63) is 29.9 Å². The Labute approximate surface area is 96.4 Å². The fraction of sp³-hybridized carbons (Fsp3) is 0.0909. The van der Waals surface area contributed by atoms with Crippen molar-refractivity contribution < 1.29 is 0 Å². The summed E-state index contributed by atoms with van der Waals surface area (Å²) in [5, 5.41) is 3.67. The lowest BCUT2D eigenvalue weighted by molar-refractivity contribution is 0.949. The molecular formula is C11H10N4S. The van der Waals surface area contributed by atoms with Crippen molar-refractivity contribution in [2.75, 3.05) is 5.73 Å². The summed E-state index contributed by atoms with van der Waals surface area (Å²) in [7, 11) is 1.98. The van der Waals surface area contributed by atoms with Gasteiger partial charge in [-0.2, -0.15) is 0 Å². The molecule has 0 spiro atoms. The first kappa shape index (κ1) is 9.35. The molecule has 5 heteroatoms. The first-order valence-corrected chi connectivity index (χ1v) is 5.75. The summed E-state index contributed by atoms with van der Waals surface area (Å²) in [5.41, 5.74) is 8.61. The summed E-state index contributed by atoms with van der Waals surface area (Å²) in [5.74, 6) is 0. The highest BCUT2D eigenvalue weighted by Crippen LogP contribution is 2.30. The molecule has 0 aromatic carbocycles. The first-order valence-electron chi connectivity index (χ1n) is 4.87. The zero-order valence-corrected chi connectivity index (χ0v) is 9.53. The van der Waals surface area contributed by atoms with Gasteiger partial charge in [0.05, 0.1) is 5.69 Å². The molecule has 3 heterocycles. The molecule has 0 saturated carbocycles. The van der Waals surface area contributed by atoms with Gasteiger partial charge in [-0.05, 0) is 12.1 Å². The Morgan fingerprint density at radius 1 is 1.44 bits per heavy atom. The second kappa shape index (κ2) is 3.31. The van der Waals surface area contributed by atoms with Crippen LogP contribution in [0.25, 0.3) is 22.3 Å². The Balaban J connectivity index is 2.32. The van der Waals surface area contributed by atoms with Crippen LogP contribution in [0.2, 0.25) is 0 Å². The molecule has 16 heavy (non-hydrogen) atoms. The van der Waals surface area contributed by atoms with Crippen molar-refractivity contribution in [2.45, 2.75) is 0 Å². The number of aryl methyl sites for hydroxylation is 1. The summed E-state index contributed by atoms with van der Waals surface area (Å²) < 4.78 is 2.00. The predicted octanol–water partition coefficient (Wildman–Crippen LogP) is 2.28. The highest BCUT2D eigenvalue weighted by molar-refractivity contribution is 7.13. The molecule has 3 aromatic heterocycles. The highest BCUT2D eigenvalue weighted by Gasteiger charge is 2.11. The van der Waals surface area contributed by atoms with Gasteiger partial charge >= 0.3 is 0 Å². The summed E-state index contributed by atoms with van der Waals surface area (Å²) >= 11 is 1.45. The lowest BCUT2D eigenvalue weighted by Gasteiger charge is -1.92. The third-order valence-corrected chi connectivity index (χ3v) is 3.21. The number of hydrogen-bond donors (Lipinski definition) is 1. The van der Waals surface area contributed by atoms with Crippen molar-refractivity contribution in [3.8, 4) is 11.3 Å². The number of nitrogen functional groups attached to an aromatic ring is 1. The van der Waals surface area contributed by atoms with Crippen LogP contribution in [0.1, 0.15) is 0 Å². The van der Waals surface area contributed by atoms with E-state index < -0.39 is 0 Å². The average molecular weight is 230 g/mol. The molecular weight excluding hydrogens is 220 g/mol. The van der Waals surface area contributed by atoms with Crippen LogP contribution in [0.15, 0.2) is 29.9 Å². The highest BCUT2D eigenvalue weighted by atomic mass is 32.1. The van der Waals surface area contributed by atoms with E-state index in [1.807, 2.05) is 35.3 Å². The molecule has 2 N–H and O–H groups in total. The Kier molecular flexibility index (Phi) is 1.94. The molecule has 0 aliphatic carbocycles. The standard InChI is InChI=1S/C11H10N4S/c1-15-5-8(9-6-16-11(12)14-9)7-3-2-4-13-10(7)15/h2-6H,1H3,(H2,12,14). The molecule has 0 saturated heterocycles. The molecule has 3 rings (SSSR count). The van der Waals surface area contributed by atoms with Gasteiger partial charge in [0.2, 0.25) is 0 Å². The van der Waals surface area contributed by atoms with Gasteiger partial charge in [-0.15, -0.1) is 11.3 Å². The van der Waals surface area contributed by atoms with E-state index in [4.69, 9.17) is 5.73 Å². The number of rotatable bonds is 1. The summed E-state index contributed by atoms with van der Waals surface area (Å²) in [6, 6.07) is 3.98. The maximum atomic E-state index is 5.65. The lowest BCUT2D eigenvalue weighted by atomic mass is 10.2. The van der Waals surface area contributed by atoms with Crippen LogP contribution < -0.4 is 5.73 Å². The smallest absolute Gasteiger partial charge is 0.180 e. The molecule has 0 radical (unpaired) electrons. The van der Waals surface area contributed by atoms with Crippen LogP contribution in [0.5, 0.6) is 0 Å². The van der Waals surface area contributed by atoms with Gasteiger partial charge in [0.1, 0.15) is 5.65 Å². The molecule has 3 aromatic rings. The van der Waals surface area contributed by atoms with E-state index in [9.17, 15) is 0 Å². The normalized spacial score (nSPS) is 11.1. The molecule has 0 aliphatic rings. The van der Waals surface area contributed by atoms with Crippen LogP contribution in [0.4, 0.5) is 5.13 Å². The van der Waals surface area contributed by atoms with Crippen LogP contribution in [0, 0.1) is 0 Å². The molecule has 0 atom stereocenters. The Morgan fingerprint density at radius 3 is 3.06 bits per heavy atom. The van der Waals surface area contributed by atoms with E-state index >= 15 is 0 Å². The summed E-state index contributed by atoms with van der Waals surface area (Å²) in [6.45, 7) is 0. The van der Waals surface area contributed by atoms with E-state index in [0.29, 0.717) is 5.13 Å². The van der Waals surface area contributed by atoms with E-state index in [1.165, 1.54) is 11.3 Å². The van der Waals surface area contributed by atoms with Crippen molar-refractivity contribution in [1.29, 1.82) is 0 Å². The van der Waals surface area contributed by atoms with Gasteiger partial charge < -0.3 is 10.3 Å². The minimum atomic E-state index is 0.593. The molecule has 0 fully saturated rings. The Hall–Kier alpha value is -1.88. The lowest BCUT2D eigenvalue weighted by Crippen LogP contribution is -1.85. The van der Waals surface area contributed by atoms with Crippen molar-refractivity contribution in [2.24, 2.45) is 7.05 Å². The number of fused-ring (bicyclic) bond motifs is 1. The maximum absolute atomic E-state index is 5.65. The number of hydrogen-bond acceptors (Lipinski definition) is 4. The van der Waals surface area contributed by atoms with E-state index in [0.717, 1.165) is 22.3 Å². The Bertz CT molecular complexity index is 653. The predicted molar refractivity (Wildman–Crippen MR) is 66.2 cm³/mol. The minimum absolute atomic E-state index is 0.593. The topological polar surface area (TPSA) is 56.7 Å². The summed E-state index contributed by atoms with van der Waals surface area (Å²) in [4.78, 5) is 8.64. The third kappa shape index (κ3) is 1.29. The molecule has 0 bridgehead atoms. The van der Waals surface area contributed by atoms with Gasteiger partial charge in [-0.1, -0.05) is 0 Å². The SMILES string of the molecule is Cn1cc(-c2csc(N)n2)c2cccnc21. The molecule has 4 nitrogen and oxygen atoms in total. The quantitative estimate of drug-likeness (QED) is 0.697. The van der Waals surface area contributed by atoms with Gasteiger partial charge in [0, 0.05) is 35.8 Å². The van der Waals surface area contributed by atoms with Crippen LogP contribution >= 0.6 is 11.3 Å².